The molecule has 0 fully saturated rings. The normalized spacial score (nSPS) is 10.8. The van der Waals surface area contributed by atoms with Gasteiger partial charge in [-0.25, -0.2) is 0 Å². The summed E-state index contributed by atoms with van der Waals surface area (Å²) in [7, 11) is 1.93. The van der Waals surface area contributed by atoms with Gasteiger partial charge < -0.3 is 14.6 Å². The predicted octanol–water partition coefficient (Wildman–Crippen LogP) is 0.801. The van der Waals surface area contributed by atoms with Crippen LogP contribution in [0.2, 0.25) is 0 Å². The molecule has 0 aliphatic heterocycles. The van der Waals surface area contributed by atoms with Crippen molar-refractivity contribution >= 4 is 0 Å². The highest BCUT2D eigenvalue weighted by Crippen LogP contribution is 2.01. The van der Waals surface area contributed by atoms with E-state index in [2.05, 4.69) is 15.5 Å². The third-order valence-corrected chi connectivity index (χ3v) is 2.00. The van der Waals surface area contributed by atoms with Crippen molar-refractivity contribution in [3.63, 3.8) is 0 Å². The minimum absolute atomic E-state index is 0.659. The van der Waals surface area contributed by atoms with Gasteiger partial charge in [0, 0.05) is 19.4 Å². The van der Waals surface area contributed by atoms with Crippen molar-refractivity contribution in [3.05, 3.63) is 11.7 Å². The molecule has 1 heterocycles. The molecule has 0 unspecified atom stereocenters. The third-order valence-electron chi connectivity index (χ3n) is 2.00. The Balaban J connectivity index is 2.23. The first-order valence-corrected chi connectivity index (χ1v) is 5.40. The molecule has 1 rings (SSSR count). The molecule has 1 N–H and O–H groups in total. The van der Waals surface area contributed by atoms with E-state index in [1.54, 1.807) is 0 Å². The molecule has 0 aliphatic carbocycles. The van der Waals surface area contributed by atoms with Crippen molar-refractivity contribution in [1.29, 1.82) is 0 Å². The van der Waals surface area contributed by atoms with E-state index in [4.69, 9.17) is 9.26 Å². The van der Waals surface area contributed by atoms with Gasteiger partial charge in [-0.3, -0.25) is 0 Å². The van der Waals surface area contributed by atoms with Crippen LogP contribution in [0.15, 0.2) is 4.52 Å². The van der Waals surface area contributed by atoms with E-state index in [1.165, 1.54) is 0 Å². The molecule has 0 radical (unpaired) electrons. The molecule has 5 nitrogen and oxygen atoms in total. The zero-order valence-electron chi connectivity index (χ0n) is 9.45. The van der Waals surface area contributed by atoms with Gasteiger partial charge in [0.2, 0.25) is 5.89 Å². The van der Waals surface area contributed by atoms with E-state index in [1.807, 2.05) is 14.0 Å². The van der Waals surface area contributed by atoms with Crippen LogP contribution in [0, 0.1) is 0 Å². The molecule has 0 bridgehead atoms. The first kappa shape index (κ1) is 12.1. The van der Waals surface area contributed by atoms with Gasteiger partial charge in [0.05, 0.1) is 6.61 Å². The van der Waals surface area contributed by atoms with Gasteiger partial charge in [-0.1, -0.05) is 5.16 Å². The maximum Gasteiger partial charge on any atom is 0.226 e. The SMILES string of the molecule is CCOCCc1noc(CCCNC)n1. The molecule has 5 heteroatoms. The van der Waals surface area contributed by atoms with Crippen molar-refractivity contribution in [1.82, 2.24) is 15.5 Å². The van der Waals surface area contributed by atoms with E-state index in [-0.39, 0.29) is 0 Å². The topological polar surface area (TPSA) is 60.2 Å². The molecule has 0 amide bonds. The smallest absolute Gasteiger partial charge is 0.226 e. The summed E-state index contributed by atoms with van der Waals surface area (Å²) < 4.78 is 10.3. The molecule has 0 aliphatic rings. The van der Waals surface area contributed by atoms with Crippen LogP contribution in [0.25, 0.3) is 0 Å². The van der Waals surface area contributed by atoms with E-state index >= 15 is 0 Å². The van der Waals surface area contributed by atoms with Crippen molar-refractivity contribution in [2.45, 2.75) is 26.2 Å². The van der Waals surface area contributed by atoms with Gasteiger partial charge >= 0.3 is 0 Å². The Morgan fingerprint density at radius 2 is 2.27 bits per heavy atom. The van der Waals surface area contributed by atoms with Crippen molar-refractivity contribution in [2.24, 2.45) is 0 Å². The molecule has 0 aromatic carbocycles. The molecule has 1 aromatic rings. The molecule has 1 aromatic heterocycles. The Kier molecular flexibility index (Phi) is 5.96. The lowest BCUT2D eigenvalue weighted by Crippen LogP contribution is -2.08. The van der Waals surface area contributed by atoms with Gasteiger partial charge in [0.15, 0.2) is 5.82 Å². The second kappa shape index (κ2) is 7.36. The molecule has 0 spiro atoms. The summed E-state index contributed by atoms with van der Waals surface area (Å²) in [6.45, 7) is 4.33. The molecular weight excluding hydrogens is 194 g/mol. The van der Waals surface area contributed by atoms with E-state index in [0.29, 0.717) is 6.61 Å². The van der Waals surface area contributed by atoms with E-state index in [9.17, 15) is 0 Å². The number of aromatic nitrogens is 2. The van der Waals surface area contributed by atoms with Crippen molar-refractivity contribution in [3.8, 4) is 0 Å². The van der Waals surface area contributed by atoms with Crippen LogP contribution in [0.5, 0.6) is 0 Å². The molecule has 0 saturated carbocycles. The lowest BCUT2D eigenvalue weighted by Gasteiger charge is -1.95. The lowest BCUT2D eigenvalue weighted by molar-refractivity contribution is 0.149. The number of nitrogens with zero attached hydrogens (tertiary/aromatic N) is 2. The zero-order chi connectivity index (χ0) is 10.9. The molecule has 15 heavy (non-hydrogen) atoms. The fourth-order valence-corrected chi connectivity index (χ4v) is 1.22. The second-order valence-corrected chi connectivity index (χ2v) is 3.26. The highest BCUT2D eigenvalue weighted by molar-refractivity contribution is 4.86. The van der Waals surface area contributed by atoms with Crippen LogP contribution in [0.4, 0.5) is 0 Å². The summed E-state index contributed by atoms with van der Waals surface area (Å²) in [5.41, 5.74) is 0. The average molecular weight is 213 g/mol. The Morgan fingerprint density at radius 3 is 3.00 bits per heavy atom. The largest absolute Gasteiger partial charge is 0.381 e. The summed E-state index contributed by atoms with van der Waals surface area (Å²) in [5, 5.41) is 6.96. The van der Waals surface area contributed by atoms with Crippen LogP contribution in [0.1, 0.15) is 25.1 Å². The Morgan fingerprint density at radius 1 is 1.40 bits per heavy atom. The number of nitrogens with one attached hydrogen (secondary N) is 1. The van der Waals surface area contributed by atoms with Crippen molar-refractivity contribution in [2.75, 3.05) is 26.8 Å². The predicted molar refractivity (Wildman–Crippen MR) is 56.7 cm³/mol. The van der Waals surface area contributed by atoms with Gasteiger partial charge in [0.1, 0.15) is 0 Å². The first-order valence-electron chi connectivity index (χ1n) is 5.40. The maximum absolute atomic E-state index is 5.21. The van der Waals surface area contributed by atoms with Gasteiger partial charge in [-0.05, 0) is 26.9 Å². The van der Waals surface area contributed by atoms with Crippen molar-refractivity contribution < 1.29 is 9.26 Å². The highest BCUT2D eigenvalue weighted by Gasteiger charge is 2.05. The van der Waals surface area contributed by atoms with Gasteiger partial charge in [-0.2, -0.15) is 4.98 Å². The van der Waals surface area contributed by atoms with Crippen LogP contribution < -0.4 is 5.32 Å². The number of rotatable bonds is 8. The lowest BCUT2D eigenvalue weighted by atomic mass is 10.3. The molecule has 86 valence electrons. The van der Waals surface area contributed by atoms with E-state index < -0.39 is 0 Å². The Bertz CT molecular complexity index is 238. The summed E-state index contributed by atoms with van der Waals surface area (Å²) in [6.07, 6.45) is 2.58. The van der Waals surface area contributed by atoms with Crippen LogP contribution in [0.3, 0.4) is 0 Å². The number of hydrogen-bond donors (Lipinski definition) is 1. The highest BCUT2D eigenvalue weighted by atomic mass is 16.5. The quantitative estimate of drug-likeness (QED) is 0.647. The Labute approximate surface area is 90.2 Å². The summed E-state index contributed by atoms with van der Waals surface area (Å²) in [4.78, 5) is 4.27. The van der Waals surface area contributed by atoms with Crippen LogP contribution in [-0.2, 0) is 17.6 Å². The minimum atomic E-state index is 0.659. The average Bonchev–Trinajstić information content (AvgIpc) is 2.67. The fraction of sp³-hybridized carbons (Fsp3) is 0.800. The number of ether oxygens (including phenoxy) is 1. The summed E-state index contributed by atoms with van der Waals surface area (Å²) in [6, 6.07) is 0. The minimum Gasteiger partial charge on any atom is -0.381 e. The Hall–Kier alpha value is -0.940. The monoisotopic (exact) mass is 213 g/mol. The first-order chi connectivity index (χ1) is 7.36. The summed E-state index contributed by atoms with van der Waals surface area (Å²) in [5.74, 6) is 1.46. The third kappa shape index (κ3) is 4.90. The molecular formula is C10H19N3O2. The fourth-order valence-electron chi connectivity index (χ4n) is 1.22. The van der Waals surface area contributed by atoms with Gasteiger partial charge in [-0.15, -0.1) is 0 Å². The number of hydrogen-bond acceptors (Lipinski definition) is 5. The zero-order valence-corrected chi connectivity index (χ0v) is 9.45. The maximum atomic E-state index is 5.21. The molecule has 0 saturated heterocycles. The molecule has 0 atom stereocenters. The summed E-state index contributed by atoms with van der Waals surface area (Å²) >= 11 is 0. The standard InChI is InChI=1S/C10H19N3O2/c1-3-14-8-6-9-12-10(15-13-9)5-4-7-11-2/h11H,3-8H2,1-2H3. The van der Waals surface area contributed by atoms with Crippen LogP contribution in [-0.4, -0.2) is 36.9 Å². The van der Waals surface area contributed by atoms with E-state index in [0.717, 1.165) is 44.1 Å². The van der Waals surface area contributed by atoms with Gasteiger partial charge in [0.25, 0.3) is 0 Å². The number of aryl methyl sites for hydroxylation is 1. The van der Waals surface area contributed by atoms with Crippen LogP contribution >= 0.6 is 0 Å². The second-order valence-electron chi connectivity index (χ2n) is 3.26.